The van der Waals surface area contributed by atoms with E-state index in [1.165, 1.54) is 6.92 Å². The maximum atomic E-state index is 14.8. The summed E-state index contributed by atoms with van der Waals surface area (Å²) in [6, 6.07) is 8.06. The van der Waals surface area contributed by atoms with E-state index in [2.05, 4.69) is 5.32 Å². The number of hydrogen-bond donors (Lipinski definition) is 3. The Kier molecular flexibility index (Phi) is 8.81. The molecule has 1 aliphatic heterocycles. The topological polar surface area (TPSA) is 96.9 Å². The van der Waals surface area contributed by atoms with Gasteiger partial charge in [0.2, 0.25) is 0 Å². The van der Waals surface area contributed by atoms with Gasteiger partial charge >= 0.3 is 19.3 Å². The zero-order chi connectivity index (χ0) is 31.9. The summed E-state index contributed by atoms with van der Waals surface area (Å²) in [5.41, 5.74) is -1.56. The van der Waals surface area contributed by atoms with Gasteiger partial charge in [0, 0.05) is 12.1 Å². The zero-order valence-electron chi connectivity index (χ0n) is 24.2. The number of carbonyl (C=O) groups is 2. The van der Waals surface area contributed by atoms with Crippen molar-refractivity contribution in [2.24, 2.45) is 0 Å². The second-order valence-corrected chi connectivity index (χ2v) is 11.5. The van der Waals surface area contributed by atoms with Gasteiger partial charge in [0.15, 0.2) is 0 Å². The molecule has 1 heterocycles. The number of anilines is 1. The maximum absolute atomic E-state index is 14.8. The molecule has 2 atom stereocenters. The van der Waals surface area contributed by atoms with E-state index in [-0.39, 0.29) is 6.42 Å². The number of halogens is 5. The largest absolute Gasteiger partial charge is 0.495 e. The van der Waals surface area contributed by atoms with E-state index >= 15 is 0 Å². The van der Waals surface area contributed by atoms with Crippen LogP contribution in [0.15, 0.2) is 48.5 Å². The summed E-state index contributed by atoms with van der Waals surface area (Å²) in [5, 5.41) is 15.4. The number of nitrogens with one attached hydrogen (secondary N) is 2. The Morgan fingerprint density at radius 3 is 2.02 bits per heavy atom. The standard InChI is InChI=1S/C30H32BF5N2O5/c1-6-24(30(34,35)36)37-17-14-21(32)25(22(33)15-17)26(39)38-23(27(40)41)13-16-11-12-20(19-10-8-7-9-18(16)19)31-42-28(2,3)29(4,5)43-31/h7-12,14-15,23-24,37H,6,13H2,1-5H3,(H,38,39)(H,40,41). The number of carbonyl (C=O) groups excluding carboxylic acids is 1. The predicted molar refractivity (Wildman–Crippen MR) is 152 cm³/mol. The number of fused-ring (bicyclic) bond motifs is 1. The van der Waals surface area contributed by atoms with Gasteiger partial charge in [-0.15, -0.1) is 0 Å². The molecule has 3 aromatic carbocycles. The molecule has 3 aromatic rings. The van der Waals surface area contributed by atoms with Crippen LogP contribution in [0.4, 0.5) is 27.6 Å². The quantitative estimate of drug-likeness (QED) is 0.217. The first-order valence-corrected chi connectivity index (χ1v) is 13.7. The first-order chi connectivity index (χ1) is 19.9. The number of alkyl halides is 3. The van der Waals surface area contributed by atoms with E-state index in [0.717, 1.165) is 10.8 Å². The smallest absolute Gasteiger partial charge is 0.480 e. The van der Waals surface area contributed by atoms with Crippen molar-refractivity contribution in [2.45, 2.75) is 76.9 Å². The van der Waals surface area contributed by atoms with Crippen molar-refractivity contribution >= 4 is 40.9 Å². The lowest BCUT2D eigenvalue weighted by Crippen LogP contribution is -2.43. The van der Waals surface area contributed by atoms with E-state index in [9.17, 15) is 36.6 Å². The predicted octanol–water partition coefficient (Wildman–Crippen LogP) is 5.60. The van der Waals surface area contributed by atoms with Crippen LogP contribution in [-0.4, -0.2) is 53.6 Å². The monoisotopic (exact) mass is 606 g/mol. The molecular formula is C30H32BF5N2O5. The molecule has 1 fully saturated rings. The van der Waals surface area contributed by atoms with Crippen molar-refractivity contribution < 1.29 is 46.0 Å². The highest BCUT2D eigenvalue weighted by Gasteiger charge is 2.52. The Bertz CT molecular complexity index is 1510. The fraction of sp³-hybridized carbons (Fsp3) is 0.400. The molecule has 0 saturated carbocycles. The molecule has 1 saturated heterocycles. The van der Waals surface area contributed by atoms with Crippen LogP contribution < -0.4 is 16.1 Å². The van der Waals surface area contributed by atoms with E-state index in [0.29, 0.717) is 23.1 Å². The Morgan fingerprint density at radius 2 is 1.51 bits per heavy atom. The van der Waals surface area contributed by atoms with Crippen molar-refractivity contribution in [3.8, 4) is 0 Å². The van der Waals surface area contributed by atoms with Gasteiger partial charge in [-0.05, 0) is 68.0 Å². The minimum absolute atomic E-state index is 0.238. The van der Waals surface area contributed by atoms with Crippen LogP contribution in [0.3, 0.4) is 0 Å². The first kappa shape index (κ1) is 32.2. The second-order valence-electron chi connectivity index (χ2n) is 11.5. The van der Waals surface area contributed by atoms with Crippen LogP contribution in [0.2, 0.25) is 0 Å². The lowest BCUT2D eigenvalue weighted by atomic mass is 9.75. The Hall–Kier alpha value is -3.71. The summed E-state index contributed by atoms with van der Waals surface area (Å²) in [5.74, 6) is -5.71. The van der Waals surface area contributed by atoms with Gasteiger partial charge in [-0.2, -0.15) is 13.2 Å². The molecule has 0 aromatic heterocycles. The van der Waals surface area contributed by atoms with Gasteiger partial charge in [0.05, 0.1) is 11.2 Å². The molecule has 4 rings (SSSR count). The number of aliphatic carboxylic acids is 1. The number of rotatable bonds is 9. The lowest BCUT2D eigenvalue weighted by Gasteiger charge is -2.32. The van der Waals surface area contributed by atoms with Gasteiger partial charge < -0.3 is 25.0 Å². The van der Waals surface area contributed by atoms with Crippen LogP contribution in [0.5, 0.6) is 0 Å². The third-order valence-corrected chi connectivity index (χ3v) is 8.00. The highest BCUT2D eigenvalue weighted by atomic mass is 19.4. The van der Waals surface area contributed by atoms with Gasteiger partial charge in [0.25, 0.3) is 5.91 Å². The summed E-state index contributed by atoms with van der Waals surface area (Å²) < 4.78 is 81.3. The zero-order valence-corrected chi connectivity index (χ0v) is 24.2. The highest BCUT2D eigenvalue weighted by molar-refractivity contribution is 6.65. The van der Waals surface area contributed by atoms with Crippen LogP contribution in [0, 0.1) is 11.6 Å². The van der Waals surface area contributed by atoms with E-state index in [1.807, 2.05) is 39.1 Å². The van der Waals surface area contributed by atoms with Gasteiger partial charge in [-0.3, -0.25) is 4.79 Å². The minimum atomic E-state index is -4.67. The molecule has 0 radical (unpaired) electrons. The van der Waals surface area contributed by atoms with Gasteiger partial charge in [-0.1, -0.05) is 43.3 Å². The summed E-state index contributed by atoms with van der Waals surface area (Å²) >= 11 is 0. The Balaban J connectivity index is 1.59. The van der Waals surface area contributed by atoms with Gasteiger partial charge in [-0.25, -0.2) is 13.6 Å². The summed E-state index contributed by atoms with van der Waals surface area (Å²) in [4.78, 5) is 25.0. The molecule has 7 nitrogen and oxygen atoms in total. The Labute approximate surface area is 245 Å². The molecule has 0 spiro atoms. The molecule has 230 valence electrons. The fourth-order valence-electron chi connectivity index (χ4n) is 4.88. The van der Waals surface area contributed by atoms with Crippen molar-refractivity contribution in [3.05, 3.63) is 71.3 Å². The highest BCUT2D eigenvalue weighted by Crippen LogP contribution is 2.37. The second kappa shape index (κ2) is 11.8. The van der Waals surface area contributed by atoms with Crippen molar-refractivity contribution in [1.29, 1.82) is 0 Å². The van der Waals surface area contributed by atoms with Crippen molar-refractivity contribution in [3.63, 3.8) is 0 Å². The minimum Gasteiger partial charge on any atom is -0.480 e. The van der Waals surface area contributed by atoms with Crippen molar-refractivity contribution in [2.75, 3.05) is 5.32 Å². The molecule has 0 bridgehead atoms. The number of benzene rings is 3. The molecule has 43 heavy (non-hydrogen) atoms. The van der Waals surface area contributed by atoms with E-state index in [4.69, 9.17) is 9.31 Å². The van der Waals surface area contributed by atoms with E-state index < -0.39 is 77.8 Å². The third-order valence-electron chi connectivity index (χ3n) is 8.00. The molecular weight excluding hydrogens is 574 g/mol. The summed E-state index contributed by atoms with van der Waals surface area (Å²) in [7, 11) is -0.689. The molecule has 0 aliphatic carbocycles. The van der Waals surface area contributed by atoms with Crippen LogP contribution in [0.25, 0.3) is 10.8 Å². The van der Waals surface area contributed by atoms with E-state index in [1.54, 1.807) is 30.3 Å². The normalized spacial score (nSPS) is 17.5. The lowest BCUT2D eigenvalue weighted by molar-refractivity contribution is -0.143. The average molecular weight is 606 g/mol. The maximum Gasteiger partial charge on any atom is 0.495 e. The van der Waals surface area contributed by atoms with Crippen molar-refractivity contribution in [1.82, 2.24) is 5.32 Å². The van der Waals surface area contributed by atoms with Gasteiger partial charge in [0.1, 0.15) is 29.3 Å². The van der Waals surface area contributed by atoms with Crippen LogP contribution in [0.1, 0.15) is 57.0 Å². The van der Waals surface area contributed by atoms with Crippen LogP contribution >= 0.6 is 0 Å². The molecule has 2 unspecified atom stereocenters. The number of carboxylic acid groups (broad SMARTS) is 1. The fourth-order valence-corrected chi connectivity index (χ4v) is 4.88. The third kappa shape index (κ3) is 6.62. The SMILES string of the molecule is CCC(Nc1cc(F)c(C(=O)NC(Cc2ccc(B3OC(C)(C)C(C)(C)O3)c3ccccc23)C(=O)O)c(F)c1)C(F)(F)F. The molecule has 1 aliphatic rings. The number of amides is 1. The number of carboxylic acids is 1. The number of hydrogen-bond acceptors (Lipinski definition) is 5. The first-order valence-electron chi connectivity index (χ1n) is 13.7. The van der Waals surface area contributed by atoms with Crippen LogP contribution in [-0.2, 0) is 20.5 Å². The average Bonchev–Trinajstić information content (AvgIpc) is 3.11. The molecule has 13 heteroatoms. The molecule has 1 amide bonds. The molecule has 3 N–H and O–H groups in total. The summed E-state index contributed by atoms with van der Waals surface area (Å²) in [6.45, 7) is 8.93. The Morgan fingerprint density at radius 1 is 0.953 bits per heavy atom. The summed E-state index contributed by atoms with van der Waals surface area (Å²) in [6.07, 6.45) is -5.31.